The van der Waals surface area contributed by atoms with Gasteiger partial charge in [0.25, 0.3) is 5.91 Å². The molecule has 3 N–H and O–H groups in total. The van der Waals surface area contributed by atoms with E-state index >= 15 is 0 Å². The molecule has 3 rings (SSSR count). The lowest BCUT2D eigenvalue weighted by molar-refractivity contribution is 0.101. The Balaban J connectivity index is 1.89. The van der Waals surface area contributed by atoms with Gasteiger partial charge in [0.2, 0.25) is 0 Å². The van der Waals surface area contributed by atoms with Crippen LogP contribution >= 0.6 is 0 Å². The Hall–Kier alpha value is -2.75. The molecular formula is C16H15N3O. The van der Waals surface area contributed by atoms with Crippen molar-refractivity contribution < 1.29 is 4.79 Å². The van der Waals surface area contributed by atoms with Crippen molar-refractivity contribution in [2.45, 2.75) is 0 Å². The van der Waals surface area contributed by atoms with E-state index in [2.05, 4.69) is 5.32 Å². The molecule has 0 spiro atoms. The second kappa shape index (κ2) is 4.74. The smallest absolute Gasteiger partial charge is 0.272 e. The number of carbonyl (C=O) groups excluding carboxylic acids is 1. The van der Waals surface area contributed by atoms with Crippen molar-refractivity contribution in [2.24, 2.45) is 7.05 Å². The summed E-state index contributed by atoms with van der Waals surface area (Å²) in [7, 11) is 1.80. The second-order valence-electron chi connectivity index (χ2n) is 4.79. The molecule has 100 valence electrons. The first-order chi connectivity index (χ1) is 9.63. The number of aryl methyl sites for hydroxylation is 1. The maximum absolute atomic E-state index is 12.2. The van der Waals surface area contributed by atoms with E-state index in [9.17, 15) is 4.79 Å². The highest BCUT2D eigenvalue weighted by Crippen LogP contribution is 2.19. The van der Waals surface area contributed by atoms with E-state index in [0.29, 0.717) is 11.4 Å². The summed E-state index contributed by atoms with van der Waals surface area (Å²) in [5, 5.41) is 5.13. The van der Waals surface area contributed by atoms with E-state index in [0.717, 1.165) is 16.5 Å². The molecule has 0 atom stereocenters. The third-order valence-corrected chi connectivity index (χ3v) is 3.27. The first kappa shape index (κ1) is 12.3. The fourth-order valence-electron chi connectivity index (χ4n) is 2.28. The number of rotatable bonds is 2. The largest absolute Gasteiger partial charge is 0.397 e. The van der Waals surface area contributed by atoms with Crippen molar-refractivity contribution in [1.29, 1.82) is 0 Å². The van der Waals surface area contributed by atoms with Gasteiger partial charge < -0.3 is 15.6 Å². The van der Waals surface area contributed by atoms with Gasteiger partial charge in [-0.15, -0.1) is 0 Å². The van der Waals surface area contributed by atoms with Crippen LogP contribution in [0, 0.1) is 0 Å². The van der Waals surface area contributed by atoms with Crippen LogP contribution in [0.2, 0.25) is 0 Å². The summed E-state index contributed by atoms with van der Waals surface area (Å²) in [6, 6.07) is 15.5. The summed E-state index contributed by atoms with van der Waals surface area (Å²) < 4.78 is 1.71. The van der Waals surface area contributed by atoms with Crippen LogP contribution in [0.15, 0.2) is 54.7 Å². The van der Waals surface area contributed by atoms with Gasteiger partial charge in [-0.2, -0.15) is 0 Å². The minimum Gasteiger partial charge on any atom is -0.397 e. The predicted molar refractivity (Wildman–Crippen MR) is 81.7 cm³/mol. The molecule has 1 heterocycles. The third-order valence-electron chi connectivity index (χ3n) is 3.27. The van der Waals surface area contributed by atoms with Crippen LogP contribution in [0.1, 0.15) is 10.5 Å². The van der Waals surface area contributed by atoms with Gasteiger partial charge in [-0.05, 0) is 29.0 Å². The SMILES string of the molecule is Cn1cc(N)cc1C(=O)Nc1ccc2ccccc2c1. The zero-order chi connectivity index (χ0) is 14.1. The van der Waals surface area contributed by atoms with Gasteiger partial charge in [0.15, 0.2) is 0 Å². The summed E-state index contributed by atoms with van der Waals surface area (Å²) in [4.78, 5) is 12.2. The Bertz CT molecular complexity index is 789. The molecule has 0 fully saturated rings. The molecule has 0 aliphatic carbocycles. The highest BCUT2D eigenvalue weighted by Gasteiger charge is 2.11. The van der Waals surface area contributed by atoms with Crippen LogP contribution in [-0.4, -0.2) is 10.5 Å². The Kier molecular flexibility index (Phi) is 2.91. The minimum atomic E-state index is -0.167. The highest BCUT2D eigenvalue weighted by atomic mass is 16.1. The van der Waals surface area contributed by atoms with Crippen molar-refractivity contribution in [1.82, 2.24) is 4.57 Å². The molecule has 0 radical (unpaired) electrons. The molecule has 20 heavy (non-hydrogen) atoms. The first-order valence-corrected chi connectivity index (χ1v) is 6.35. The maximum atomic E-state index is 12.2. The minimum absolute atomic E-state index is 0.167. The summed E-state index contributed by atoms with van der Waals surface area (Å²) in [5.74, 6) is -0.167. The number of fused-ring (bicyclic) bond motifs is 1. The summed E-state index contributed by atoms with van der Waals surface area (Å²) in [6.07, 6.45) is 1.72. The number of nitrogens with two attached hydrogens (primary N) is 1. The van der Waals surface area contributed by atoms with Crippen molar-refractivity contribution in [2.75, 3.05) is 11.1 Å². The molecule has 4 nitrogen and oxygen atoms in total. The number of carbonyl (C=O) groups is 1. The molecule has 4 heteroatoms. The average molecular weight is 265 g/mol. The molecule has 0 bridgehead atoms. The summed E-state index contributed by atoms with van der Waals surface area (Å²) >= 11 is 0. The van der Waals surface area contributed by atoms with Gasteiger partial charge in [0.1, 0.15) is 5.69 Å². The Labute approximate surface area is 116 Å². The second-order valence-corrected chi connectivity index (χ2v) is 4.79. The van der Waals surface area contributed by atoms with Crippen LogP contribution in [0.3, 0.4) is 0 Å². The molecule has 0 saturated heterocycles. The first-order valence-electron chi connectivity index (χ1n) is 6.35. The van der Waals surface area contributed by atoms with E-state index < -0.39 is 0 Å². The zero-order valence-corrected chi connectivity index (χ0v) is 11.1. The number of amides is 1. The quantitative estimate of drug-likeness (QED) is 0.748. The number of anilines is 2. The van der Waals surface area contributed by atoms with E-state index in [4.69, 9.17) is 5.73 Å². The maximum Gasteiger partial charge on any atom is 0.272 e. The van der Waals surface area contributed by atoms with E-state index in [1.165, 1.54) is 0 Å². The lowest BCUT2D eigenvalue weighted by Gasteiger charge is -2.07. The number of hydrogen-bond donors (Lipinski definition) is 2. The molecule has 0 saturated carbocycles. The van der Waals surface area contributed by atoms with E-state index in [-0.39, 0.29) is 5.91 Å². The fourth-order valence-corrected chi connectivity index (χ4v) is 2.28. The predicted octanol–water partition coefficient (Wildman–Crippen LogP) is 3.01. The summed E-state index contributed by atoms with van der Waals surface area (Å²) in [6.45, 7) is 0. The van der Waals surface area contributed by atoms with Crippen molar-refractivity contribution >= 4 is 28.1 Å². The van der Waals surface area contributed by atoms with Crippen LogP contribution in [0.25, 0.3) is 10.8 Å². The Morgan fingerprint density at radius 2 is 1.85 bits per heavy atom. The van der Waals surface area contributed by atoms with Gasteiger partial charge in [-0.3, -0.25) is 4.79 Å². The number of nitrogen functional groups attached to an aromatic ring is 1. The normalized spacial score (nSPS) is 10.7. The zero-order valence-electron chi connectivity index (χ0n) is 11.1. The topological polar surface area (TPSA) is 60.0 Å². The van der Waals surface area contributed by atoms with Crippen molar-refractivity contribution in [3.63, 3.8) is 0 Å². The number of nitrogens with one attached hydrogen (secondary N) is 1. The number of benzene rings is 2. The molecule has 3 aromatic rings. The fraction of sp³-hybridized carbons (Fsp3) is 0.0625. The van der Waals surface area contributed by atoms with Gasteiger partial charge in [0.05, 0.1) is 5.69 Å². The van der Waals surface area contributed by atoms with Crippen LogP contribution in [-0.2, 0) is 7.05 Å². The third kappa shape index (κ3) is 2.23. The molecule has 2 aromatic carbocycles. The van der Waals surface area contributed by atoms with Gasteiger partial charge in [0, 0.05) is 18.9 Å². The van der Waals surface area contributed by atoms with Crippen LogP contribution in [0.4, 0.5) is 11.4 Å². The number of nitrogens with zero attached hydrogens (tertiary/aromatic N) is 1. The van der Waals surface area contributed by atoms with Crippen molar-refractivity contribution in [3.05, 3.63) is 60.4 Å². The van der Waals surface area contributed by atoms with Crippen LogP contribution < -0.4 is 11.1 Å². The lowest BCUT2D eigenvalue weighted by atomic mass is 10.1. The van der Waals surface area contributed by atoms with Gasteiger partial charge >= 0.3 is 0 Å². The number of hydrogen-bond acceptors (Lipinski definition) is 2. The molecule has 0 aliphatic heterocycles. The number of aromatic nitrogens is 1. The Morgan fingerprint density at radius 1 is 1.10 bits per heavy atom. The standard InChI is InChI=1S/C16H15N3O/c1-19-10-13(17)9-15(19)16(20)18-14-7-6-11-4-2-3-5-12(11)8-14/h2-10H,17H2,1H3,(H,18,20). The molecule has 0 aliphatic rings. The van der Waals surface area contributed by atoms with Crippen molar-refractivity contribution in [3.8, 4) is 0 Å². The summed E-state index contributed by atoms with van der Waals surface area (Å²) in [5.41, 5.74) is 7.57. The molecule has 0 unspecified atom stereocenters. The average Bonchev–Trinajstić information content (AvgIpc) is 2.78. The molecule has 1 amide bonds. The molecular weight excluding hydrogens is 250 g/mol. The molecule has 1 aromatic heterocycles. The van der Waals surface area contributed by atoms with Gasteiger partial charge in [-0.25, -0.2) is 0 Å². The lowest BCUT2D eigenvalue weighted by Crippen LogP contribution is -2.15. The van der Waals surface area contributed by atoms with E-state index in [1.54, 1.807) is 23.9 Å². The highest BCUT2D eigenvalue weighted by molar-refractivity contribution is 6.04. The van der Waals surface area contributed by atoms with E-state index in [1.807, 2.05) is 42.5 Å². The van der Waals surface area contributed by atoms with Crippen LogP contribution in [0.5, 0.6) is 0 Å². The van der Waals surface area contributed by atoms with Gasteiger partial charge in [-0.1, -0.05) is 30.3 Å². The Morgan fingerprint density at radius 3 is 2.55 bits per heavy atom. The monoisotopic (exact) mass is 265 g/mol.